The summed E-state index contributed by atoms with van der Waals surface area (Å²) in [5.41, 5.74) is 0. The van der Waals surface area contributed by atoms with E-state index in [0.29, 0.717) is 19.6 Å². The number of nitrogens with zero attached hydrogens (tertiary/aromatic N) is 1. The highest BCUT2D eigenvalue weighted by molar-refractivity contribution is 7.88. The van der Waals surface area contributed by atoms with Crippen LogP contribution in [0.3, 0.4) is 0 Å². The average molecular weight is 283 g/mol. The highest BCUT2D eigenvalue weighted by Gasteiger charge is 2.26. The predicted octanol–water partition coefficient (Wildman–Crippen LogP) is 0.402. The highest BCUT2D eigenvalue weighted by atomic mass is 35.5. The van der Waals surface area contributed by atoms with Gasteiger partial charge in [-0.3, -0.25) is 4.79 Å². The van der Waals surface area contributed by atoms with E-state index in [1.807, 2.05) is 0 Å². The molecule has 1 amide bonds. The number of alkyl halides is 1. The zero-order valence-corrected chi connectivity index (χ0v) is 11.7. The maximum Gasteiger partial charge on any atom is 0.240 e. The molecule has 0 spiro atoms. The van der Waals surface area contributed by atoms with E-state index in [2.05, 4.69) is 4.72 Å². The quantitative estimate of drug-likeness (QED) is 0.759. The number of carbonyl (C=O) groups excluding carboxylic acids is 1. The molecule has 0 aromatic carbocycles. The molecule has 1 heterocycles. The smallest absolute Gasteiger partial charge is 0.240 e. The third-order valence-electron chi connectivity index (χ3n) is 2.81. The fourth-order valence-electron chi connectivity index (χ4n) is 1.95. The summed E-state index contributed by atoms with van der Waals surface area (Å²) in [6.45, 7) is 3.34. The third-order valence-corrected chi connectivity index (χ3v) is 3.68. The number of carbonyl (C=O) groups is 1. The first-order valence-electron chi connectivity index (χ1n) is 5.67. The number of amides is 1. The molecule has 2 atom stereocenters. The lowest BCUT2D eigenvalue weighted by molar-refractivity contribution is -0.132. The van der Waals surface area contributed by atoms with Gasteiger partial charge in [0.15, 0.2) is 0 Å². The van der Waals surface area contributed by atoms with E-state index in [1.165, 1.54) is 0 Å². The fraction of sp³-hybridized carbons (Fsp3) is 0.900. The molecule has 7 heteroatoms. The van der Waals surface area contributed by atoms with Crippen molar-refractivity contribution in [3.8, 4) is 0 Å². The molecule has 5 nitrogen and oxygen atoms in total. The van der Waals surface area contributed by atoms with Gasteiger partial charge in [0.2, 0.25) is 15.9 Å². The van der Waals surface area contributed by atoms with Gasteiger partial charge in [-0.2, -0.15) is 0 Å². The van der Waals surface area contributed by atoms with Crippen molar-refractivity contribution >= 4 is 27.5 Å². The maximum absolute atomic E-state index is 11.7. The Balaban J connectivity index is 2.47. The van der Waals surface area contributed by atoms with E-state index in [-0.39, 0.29) is 11.8 Å². The molecule has 1 fully saturated rings. The molecule has 0 aromatic heterocycles. The standard InChI is InChI=1S/C10H19ClN2O3S/c1-8(11)10(14)13-5-3-4-9(7-13)6-12-17(2,15)16/h8-9,12H,3-7H2,1-2H3. The van der Waals surface area contributed by atoms with Gasteiger partial charge in [-0.25, -0.2) is 13.1 Å². The molecule has 0 bridgehead atoms. The van der Waals surface area contributed by atoms with Crippen LogP contribution in [0.5, 0.6) is 0 Å². The molecular formula is C10H19ClN2O3S. The lowest BCUT2D eigenvalue weighted by Gasteiger charge is -2.33. The van der Waals surface area contributed by atoms with Crippen molar-refractivity contribution < 1.29 is 13.2 Å². The molecule has 1 aliphatic rings. The van der Waals surface area contributed by atoms with Gasteiger partial charge in [0.25, 0.3) is 0 Å². The second-order valence-electron chi connectivity index (χ2n) is 4.53. The van der Waals surface area contributed by atoms with Gasteiger partial charge in [0.05, 0.1) is 6.26 Å². The molecule has 2 unspecified atom stereocenters. The van der Waals surface area contributed by atoms with Crippen LogP contribution in [-0.4, -0.2) is 50.5 Å². The minimum absolute atomic E-state index is 0.0734. The molecular weight excluding hydrogens is 264 g/mol. The van der Waals surface area contributed by atoms with Crippen molar-refractivity contribution in [3.05, 3.63) is 0 Å². The van der Waals surface area contributed by atoms with Crippen LogP contribution >= 0.6 is 11.6 Å². The average Bonchev–Trinajstić information content (AvgIpc) is 2.24. The number of hydrogen-bond acceptors (Lipinski definition) is 3. The van der Waals surface area contributed by atoms with Crippen LogP contribution < -0.4 is 4.72 Å². The minimum Gasteiger partial charge on any atom is -0.341 e. The van der Waals surface area contributed by atoms with Gasteiger partial charge in [0, 0.05) is 19.6 Å². The predicted molar refractivity (Wildman–Crippen MR) is 67.5 cm³/mol. The zero-order valence-electron chi connectivity index (χ0n) is 10.1. The van der Waals surface area contributed by atoms with Crippen molar-refractivity contribution in [2.75, 3.05) is 25.9 Å². The number of nitrogens with one attached hydrogen (secondary N) is 1. The van der Waals surface area contributed by atoms with Crippen LogP contribution in [0.15, 0.2) is 0 Å². The molecule has 1 aliphatic heterocycles. The summed E-state index contributed by atoms with van der Waals surface area (Å²) < 4.78 is 24.5. The van der Waals surface area contributed by atoms with Crippen LogP contribution in [0.25, 0.3) is 0 Å². The summed E-state index contributed by atoms with van der Waals surface area (Å²) >= 11 is 5.76. The molecule has 0 saturated carbocycles. The molecule has 1 N–H and O–H groups in total. The summed E-state index contributed by atoms with van der Waals surface area (Å²) in [7, 11) is -3.16. The van der Waals surface area contributed by atoms with Crippen molar-refractivity contribution in [2.24, 2.45) is 5.92 Å². The van der Waals surface area contributed by atoms with Crippen LogP contribution in [0.4, 0.5) is 0 Å². The van der Waals surface area contributed by atoms with Crippen molar-refractivity contribution in [2.45, 2.75) is 25.1 Å². The minimum atomic E-state index is -3.16. The maximum atomic E-state index is 11.7. The first-order chi connectivity index (χ1) is 7.79. The Bertz CT molecular complexity index is 370. The summed E-state index contributed by atoms with van der Waals surface area (Å²) in [6, 6.07) is 0. The van der Waals surface area contributed by atoms with Gasteiger partial charge in [-0.1, -0.05) is 0 Å². The van der Waals surface area contributed by atoms with E-state index in [4.69, 9.17) is 11.6 Å². The Labute approximate surface area is 108 Å². The summed E-state index contributed by atoms with van der Waals surface area (Å²) in [5, 5.41) is -0.517. The lowest BCUT2D eigenvalue weighted by atomic mass is 9.98. The second kappa shape index (κ2) is 6.02. The molecule has 1 saturated heterocycles. The Hall–Kier alpha value is -0.330. The molecule has 0 aromatic rings. The number of sulfonamides is 1. The summed E-state index contributed by atoms with van der Waals surface area (Å²) in [6.07, 6.45) is 2.97. The van der Waals surface area contributed by atoms with Gasteiger partial charge >= 0.3 is 0 Å². The van der Waals surface area contributed by atoms with Crippen molar-refractivity contribution in [1.82, 2.24) is 9.62 Å². The number of rotatable bonds is 4. The molecule has 100 valence electrons. The Morgan fingerprint density at radius 3 is 2.76 bits per heavy atom. The van der Waals surface area contributed by atoms with Crippen LogP contribution in [0.2, 0.25) is 0 Å². The third kappa shape index (κ3) is 5.23. The van der Waals surface area contributed by atoms with Gasteiger partial charge in [0.1, 0.15) is 5.38 Å². The first-order valence-corrected chi connectivity index (χ1v) is 8.00. The van der Waals surface area contributed by atoms with E-state index in [1.54, 1.807) is 11.8 Å². The topological polar surface area (TPSA) is 66.5 Å². The van der Waals surface area contributed by atoms with E-state index in [0.717, 1.165) is 19.1 Å². The van der Waals surface area contributed by atoms with Crippen molar-refractivity contribution in [1.29, 1.82) is 0 Å². The monoisotopic (exact) mass is 282 g/mol. The van der Waals surface area contributed by atoms with Crippen LogP contribution in [0, 0.1) is 5.92 Å². The van der Waals surface area contributed by atoms with Gasteiger partial charge in [-0.05, 0) is 25.7 Å². The SMILES string of the molecule is CC(Cl)C(=O)N1CCCC(CNS(C)(=O)=O)C1. The normalized spacial score (nSPS) is 23.5. The number of halogens is 1. The van der Waals surface area contributed by atoms with E-state index in [9.17, 15) is 13.2 Å². The fourth-order valence-corrected chi connectivity index (χ4v) is 2.63. The second-order valence-corrected chi connectivity index (χ2v) is 7.02. The largest absolute Gasteiger partial charge is 0.341 e. The van der Waals surface area contributed by atoms with Crippen LogP contribution in [0.1, 0.15) is 19.8 Å². The molecule has 1 rings (SSSR count). The van der Waals surface area contributed by atoms with Crippen LogP contribution in [-0.2, 0) is 14.8 Å². The Morgan fingerprint density at radius 1 is 1.59 bits per heavy atom. The number of piperidine rings is 1. The summed E-state index contributed by atoms with van der Waals surface area (Å²) in [5.74, 6) is 0.105. The molecule has 0 radical (unpaired) electrons. The zero-order chi connectivity index (χ0) is 13.1. The van der Waals surface area contributed by atoms with E-state index < -0.39 is 15.4 Å². The van der Waals surface area contributed by atoms with E-state index >= 15 is 0 Å². The van der Waals surface area contributed by atoms with Gasteiger partial charge < -0.3 is 4.90 Å². The number of hydrogen-bond donors (Lipinski definition) is 1. The van der Waals surface area contributed by atoms with Gasteiger partial charge in [-0.15, -0.1) is 11.6 Å². The number of likely N-dealkylation sites (tertiary alicyclic amines) is 1. The molecule has 17 heavy (non-hydrogen) atoms. The van der Waals surface area contributed by atoms with Crippen molar-refractivity contribution in [3.63, 3.8) is 0 Å². The Kier molecular flexibility index (Phi) is 5.22. The Morgan fingerprint density at radius 2 is 2.24 bits per heavy atom. The lowest BCUT2D eigenvalue weighted by Crippen LogP contribution is -2.45. The summed E-state index contributed by atoms with van der Waals surface area (Å²) in [4.78, 5) is 13.4. The first kappa shape index (κ1) is 14.7. The highest BCUT2D eigenvalue weighted by Crippen LogP contribution is 2.17. The molecule has 0 aliphatic carbocycles.